The third kappa shape index (κ3) is 6.30. The first-order chi connectivity index (χ1) is 31.6. The molecule has 26 nitrogen and oxygen atoms in total. The lowest BCUT2D eigenvalue weighted by Gasteiger charge is -2.43. The lowest BCUT2D eigenvalue weighted by atomic mass is 9.91. The Labute approximate surface area is 367 Å². The maximum absolute atomic E-state index is 14.6. The van der Waals surface area contributed by atoms with E-state index < -0.39 is 209 Å². The minimum absolute atomic E-state index is 0.430. The molecule has 14 N–H and O–H groups in total. The van der Waals surface area contributed by atoms with E-state index >= 15 is 0 Å². The van der Waals surface area contributed by atoms with Crippen molar-refractivity contribution in [1.82, 2.24) is 0 Å². The van der Waals surface area contributed by atoms with Crippen LogP contribution in [0.4, 0.5) is 0 Å². The van der Waals surface area contributed by atoms with E-state index in [0.29, 0.717) is 30.3 Å². The molecule has 1 saturated heterocycles. The topological polar surface area (TPSA) is 433 Å². The fourth-order valence-corrected chi connectivity index (χ4v) is 7.77. The molecule has 5 atom stereocenters. The van der Waals surface area contributed by atoms with Crippen LogP contribution in [0.2, 0.25) is 0 Å². The van der Waals surface area contributed by atoms with E-state index in [1.54, 1.807) is 0 Å². The molecular formula is C41H26O26. The summed E-state index contributed by atoms with van der Waals surface area (Å²) in [5.74, 6) is -28.1. The van der Waals surface area contributed by atoms with E-state index in [2.05, 4.69) is 0 Å². The lowest BCUT2D eigenvalue weighted by molar-refractivity contribution is -0.284. The van der Waals surface area contributed by atoms with Crippen LogP contribution in [0.25, 0.3) is 22.3 Å². The van der Waals surface area contributed by atoms with Crippen molar-refractivity contribution < 1.29 is 129 Å². The number of aliphatic hydroxyl groups excluding tert-OH is 1. The van der Waals surface area contributed by atoms with Gasteiger partial charge in [-0.05, 0) is 24.3 Å². The summed E-state index contributed by atoms with van der Waals surface area (Å²) in [4.78, 5) is 70.5. The Morgan fingerprint density at radius 3 is 1.28 bits per heavy atom. The Bertz CT molecular complexity index is 3120. The van der Waals surface area contributed by atoms with Gasteiger partial charge < -0.3 is 105 Å². The van der Waals surface area contributed by atoms with Crippen molar-refractivity contribution in [2.75, 3.05) is 6.61 Å². The predicted molar refractivity (Wildman–Crippen MR) is 206 cm³/mol. The first kappa shape index (κ1) is 42.9. The van der Waals surface area contributed by atoms with Crippen LogP contribution in [0.1, 0.15) is 51.8 Å². The molecule has 0 spiro atoms. The van der Waals surface area contributed by atoms with Crippen molar-refractivity contribution in [2.45, 2.75) is 30.7 Å². The highest BCUT2D eigenvalue weighted by Gasteiger charge is 2.54. The van der Waals surface area contributed by atoms with Crippen molar-refractivity contribution in [2.24, 2.45) is 0 Å². The van der Waals surface area contributed by atoms with Crippen molar-refractivity contribution in [3.05, 3.63) is 58.1 Å². The molecule has 5 aromatic carbocycles. The number of hydrogen-bond acceptors (Lipinski definition) is 26. The molecule has 0 saturated carbocycles. The summed E-state index contributed by atoms with van der Waals surface area (Å²) < 4.78 is 38.7. The van der Waals surface area contributed by atoms with E-state index in [0.717, 1.165) is 0 Å². The van der Waals surface area contributed by atoms with Gasteiger partial charge in [-0.3, -0.25) is 0 Å². The fraction of sp³-hybridized carbons (Fsp3) is 0.146. The second kappa shape index (κ2) is 14.8. The van der Waals surface area contributed by atoms with Crippen LogP contribution < -0.4 is 9.47 Å². The Balaban J connectivity index is 1.23. The van der Waals surface area contributed by atoms with Gasteiger partial charge in [0.25, 0.3) is 0 Å². The number of fused-ring (bicyclic) bond motifs is 12. The summed E-state index contributed by atoms with van der Waals surface area (Å²) >= 11 is 0. The highest BCUT2D eigenvalue weighted by Crippen LogP contribution is 2.59. The van der Waals surface area contributed by atoms with Gasteiger partial charge in [0.05, 0.1) is 22.3 Å². The first-order valence-electron chi connectivity index (χ1n) is 18.7. The van der Waals surface area contributed by atoms with Gasteiger partial charge in [-0.25, -0.2) is 24.0 Å². The average molecular weight is 935 g/mol. The average Bonchev–Trinajstić information content (AvgIpc) is 3.43. The van der Waals surface area contributed by atoms with Crippen molar-refractivity contribution in [1.29, 1.82) is 0 Å². The van der Waals surface area contributed by atoms with E-state index in [4.69, 9.17) is 33.2 Å². The molecule has 0 bridgehead atoms. The van der Waals surface area contributed by atoms with Crippen LogP contribution in [0.15, 0.2) is 30.3 Å². The summed E-state index contributed by atoms with van der Waals surface area (Å²) in [5, 5.41) is 150. The summed E-state index contributed by atoms with van der Waals surface area (Å²) in [6.45, 7) is -1.18. The van der Waals surface area contributed by atoms with E-state index in [1.165, 1.54) is 0 Å². The van der Waals surface area contributed by atoms with Gasteiger partial charge in [-0.1, -0.05) is 0 Å². The van der Waals surface area contributed by atoms with Gasteiger partial charge in [0.15, 0.2) is 82.1 Å². The molecule has 67 heavy (non-hydrogen) atoms. The SMILES string of the molecule is O=C1Oc2c(c(O)cc3c2-c2c(cc(O)c(O)c2O)C(=O)O[C@H]2[C@@H]4OC(=O)c5cc(O)c(O)c(O)c5-c5c(cc(O)c(O)c5O)C(=O)O[C@H]4[C@@H](O)O[C@@H]2COC3=O)Oc2c1cc(O)c(O)c2O. The fourth-order valence-electron chi connectivity index (χ4n) is 7.77. The standard InChI is InChI=1S/C41H26O26/c42-12-1-7-18(26(51)22(12)47)19-8(2-13(43)23(48)27(19)52)39(58)67-35-34(66-38(7)57)32-17(62-41(35)60)6-61-36(55)10-4-16(46)31-33(65-40(59)11-5-15(45)25(50)29(54)30(11)63-31)21(10)20-9(37(56)64-32)3-14(44)24(49)28(20)53/h1-5,17,32,34-35,41-54,60H,6H2/t17-,32-,34+,35-,41+/m1/s1. The zero-order chi connectivity index (χ0) is 48.4. The van der Waals surface area contributed by atoms with E-state index in [-0.39, 0.29) is 0 Å². The Morgan fingerprint density at radius 1 is 0.373 bits per heavy atom. The molecule has 26 heteroatoms. The van der Waals surface area contributed by atoms with Crippen LogP contribution in [0.5, 0.6) is 92.0 Å². The number of phenolic OH excluding ortho intramolecular Hbond substituents is 13. The van der Waals surface area contributed by atoms with Crippen LogP contribution in [-0.2, 0) is 23.7 Å². The third-order valence-corrected chi connectivity index (χ3v) is 10.9. The highest BCUT2D eigenvalue weighted by atomic mass is 16.7. The molecule has 1 fully saturated rings. The van der Waals surface area contributed by atoms with Crippen LogP contribution in [-0.4, -0.2) is 139 Å². The molecule has 0 radical (unpaired) electrons. The largest absolute Gasteiger partial charge is 0.504 e. The van der Waals surface area contributed by atoms with Crippen LogP contribution >= 0.6 is 0 Å². The number of phenols is 13. The second-order valence-corrected chi connectivity index (χ2v) is 14.8. The molecule has 5 aromatic rings. The zero-order valence-electron chi connectivity index (χ0n) is 32.6. The van der Waals surface area contributed by atoms with Gasteiger partial charge in [0, 0.05) is 28.3 Å². The van der Waals surface area contributed by atoms with Crippen LogP contribution in [0.3, 0.4) is 0 Å². The quantitative estimate of drug-likeness (QED) is 0.0454. The number of benzene rings is 5. The van der Waals surface area contributed by atoms with Crippen LogP contribution in [0, 0.1) is 0 Å². The number of ether oxygens (including phenoxy) is 7. The Morgan fingerprint density at radius 2 is 0.776 bits per heavy atom. The highest BCUT2D eigenvalue weighted by molar-refractivity contribution is 6.11. The number of cyclic esters (lactones) is 1. The number of rotatable bonds is 0. The number of aliphatic hydroxyl groups is 1. The predicted octanol–water partition coefficient (Wildman–Crippen LogP) is 1.70. The Hall–Kier alpha value is -9.43. The van der Waals surface area contributed by atoms with Crippen molar-refractivity contribution in [3.8, 4) is 114 Å². The molecule has 0 aromatic heterocycles. The van der Waals surface area contributed by atoms with Gasteiger partial charge in [0.1, 0.15) is 18.3 Å². The maximum atomic E-state index is 14.6. The molecular weight excluding hydrogens is 908 g/mol. The maximum Gasteiger partial charge on any atom is 0.347 e. The van der Waals surface area contributed by atoms with Crippen molar-refractivity contribution >= 4 is 29.8 Å². The molecule has 0 amide bonds. The van der Waals surface area contributed by atoms with Gasteiger partial charge in [-0.15, -0.1) is 0 Å². The number of aromatic hydroxyl groups is 13. The minimum atomic E-state index is -2.48. The lowest BCUT2D eigenvalue weighted by Crippen LogP contribution is -2.62. The Kier molecular flexibility index (Phi) is 9.48. The van der Waals surface area contributed by atoms with Crippen molar-refractivity contribution in [3.63, 3.8) is 0 Å². The number of carbonyl (C=O) groups is 5. The van der Waals surface area contributed by atoms with E-state index in [1.807, 2.05) is 0 Å². The molecule has 4 aliphatic heterocycles. The normalized spacial score (nSPS) is 20.8. The molecule has 0 unspecified atom stereocenters. The van der Waals surface area contributed by atoms with Gasteiger partial charge in [-0.2, -0.15) is 0 Å². The van der Waals surface area contributed by atoms with Gasteiger partial charge >= 0.3 is 29.8 Å². The third-order valence-electron chi connectivity index (χ3n) is 10.9. The second-order valence-electron chi connectivity index (χ2n) is 14.8. The first-order valence-corrected chi connectivity index (χ1v) is 18.7. The molecule has 4 heterocycles. The summed E-state index contributed by atoms with van der Waals surface area (Å²) in [6, 6.07) is 2.46. The summed E-state index contributed by atoms with van der Waals surface area (Å²) in [7, 11) is 0. The monoisotopic (exact) mass is 934 g/mol. The summed E-state index contributed by atoms with van der Waals surface area (Å²) in [6.07, 6.45) is -11.6. The number of esters is 5. The molecule has 0 aliphatic carbocycles. The minimum Gasteiger partial charge on any atom is -0.504 e. The molecule has 4 aliphatic rings. The van der Waals surface area contributed by atoms with Gasteiger partial charge in [0.2, 0.25) is 34.5 Å². The smallest absolute Gasteiger partial charge is 0.347 e. The molecule has 346 valence electrons. The molecule has 9 rings (SSSR count). The van der Waals surface area contributed by atoms with E-state index in [9.17, 15) is 95.5 Å². The number of hydrogen-bond donors (Lipinski definition) is 14. The zero-order valence-corrected chi connectivity index (χ0v) is 32.6. The summed E-state index contributed by atoms with van der Waals surface area (Å²) in [5.41, 5.74) is -8.98. The number of carbonyl (C=O) groups excluding carboxylic acids is 5.